The Morgan fingerprint density at radius 3 is 1.80 bits per heavy atom. The number of ether oxygens (including phenoxy) is 1. The van der Waals surface area contributed by atoms with E-state index in [1.165, 1.54) is 35.5 Å². The van der Waals surface area contributed by atoms with Gasteiger partial charge in [0, 0.05) is 41.6 Å². The maximum Gasteiger partial charge on any atom is 0.505 e. The molecule has 0 fully saturated rings. The van der Waals surface area contributed by atoms with E-state index < -0.39 is 23.3 Å². The van der Waals surface area contributed by atoms with Crippen molar-refractivity contribution in [1.82, 2.24) is 0 Å². The molecule has 0 aliphatic rings. The first-order chi connectivity index (χ1) is 9.41. The third-order valence-electron chi connectivity index (χ3n) is 3.32. The highest BCUT2D eigenvalue weighted by Crippen LogP contribution is 2.34. The lowest BCUT2D eigenvalue weighted by atomic mass is 10.7. The Labute approximate surface area is 122 Å². The van der Waals surface area contributed by atoms with Crippen LogP contribution in [0, 0.1) is 0 Å². The van der Waals surface area contributed by atoms with Crippen LogP contribution in [0.2, 0.25) is 5.16 Å². The first-order valence-corrected chi connectivity index (χ1v) is 9.87. The maximum absolute atomic E-state index is 11.3. The molecule has 0 saturated heterocycles. The standard InChI is InChI=1S/C11H24O7Si2/c1-8-11(12)18-9-19(13-3,14-4)10(2)20(15-5,16-6)17-7/h8,10H,1,9H2,2-7H3. The van der Waals surface area contributed by atoms with Crippen LogP contribution in [0.3, 0.4) is 0 Å². The molecule has 0 amide bonds. The Bertz CT molecular complexity index is 308. The zero-order valence-corrected chi connectivity index (χ0v) is 14.9. The van der Waals surface area contributed by atoms with Gasteiger partial charge in [-0.1, -0.05) is 13.5 Å². The third kappa shape index (κ3) is 3.98. The molecule has 1 atom stereocenters. The van der Waals surface area contributed by atoms with Gasteiger partial charge in [-0.05, 0) is 0 Å². The Balaban J connectivity index is 5.31. The zero-order chi connectivity index (χ0) is 15.8. The lowest BCUT2D eigenvalue weighted by Gasteiger charge is -2.39. The van der Waals surface area contributed by atoms with E-state index in [1.807, 2.05) is 6.92 Å². The van der Waals surface area contributed by atoms with Gasteiger partial charge in [0.15, 0.2) is 0 Å². The lowest BCUT2D eigenvalue weighted by molar-refractivity contribution is -0.136. The van der Waals surface area contributed by atoms with Gasteiger partial charge >= 0.3 is 23.3 Å². The molecule has 0 N–H and O–H groups in total. The molecule has 0 aromatic rings. The van der Waals surface area contributed by atoms with Crippen LogP contribution >= 0.6 is 0 Å². The van der Waals surface area contributed by atoms with E-state index in [0.29, 0.717) is 0 Å². The highest BCUT2D eigenvalue weighted by molar-refractivity contribution is 6.85. The van der Waals surface area contributed by atoms with E-state index in [-0.39, 0.29) is 11.4 Å². The molecule has 9 heteroatoms. The average Bonchev–Trinajstić information content (AvgIpc) is 2.50. The van der Waals surface area contributed by atoms with Crippen molar-refractivity contribution in [1.29, 1.82) is 0 Å². The molecule has 0 aliphatic heterocycles. The van der Waals surface area contributed by atoms with E-state index in [9.17, 15) is 4.79 Å². The summed E-state index contributed by atoms with van der Waals surface area (Å²) in [7, 11) is 1.63. The van der Waals surface area contributed by atoms with Crippen molar-refractivity contribution < 1.29 is 31.7 Å². The van der Waals surface area contributed by atoms with Crippen molar-refractivity contribution in [3.63, 3.8) is 0 Å². The second-order valence-electron chi connectivity index (χ2n) is 3.97. The Morgan fingerprint density at radius 2 is 1.50 bits per heavy atom. The summed E-state index contributed by atoms with van der Waals surface area (Å²) >= 11 is 0. The summed E-state index contributed by atoms with van der Waals surface area (Å²) < 4.78 is 32.6. The van der Waals surface area contributed by atoms with E-state index in [0.717, 1.165) is 6.08 Å². The first kappa shape index (κ1) is 19.4. The summed E-state index contributed by atoms with van der Waals surface area (Å²) in [5.74, 6) is -0.539. The van der Waals surface area contributed by atoms with Crippen LogP contribution in [-0.4, -0.2) is 65.1 Å². The van der Waals surface area contributed by atoms with Crippen LogP contribution in [-0.2, 0) is 31.7 Å². The van der Waals surface area contributed by atoms with E-state index in [2.05, 4.69) is 6.58 Å². The smallest absolute Gasteiger partial charge is 0.461 e. The van der Waals surface area contributed by atoms with Gasteiger partial charge in [-0.25, -0.2) is 4.79 Å². The van der Waals surface area contributed by atoms with Gasteiger partial charge in [-0.2, -0.15) is 0 Å². The quantitative estimate of drug-likeness (QED) is 0.334. The largest absolute Gasteiger partial charge is 0.505 e. The van der Waals surface area contributed by atoms with E-state index in [4.69, 9.17) is 26.9 Å². The Hall–Kier alpha value is -0.556. The zero-order valence-electron chi connectivity index (χ0n) is 12.9. The molecule has 0 heterocycles. The number of carbonyl (C=O) groups is 1. The van der Waals surface area contributed by atoms with Crippen LogP contribution in [0.1, 0.15) is 6.92 Å². The van der Waals surface area contributed by atoms with Crippen molar-refractivity contribution in [3.8, 4) is 0 Å². The molecule has 0 aromatic heterocycles. The van der Waals surface area contributed by atoms with Gasteiger partial charge in [-0.3, -0.25) is 0 Å². The molecule has 0 saturated carbocycles. The average molecular weight is 324 g/mol. The molecule has 20 heavy (non-hydrogen) atoms. The molecule has 7 nitrogen and oxygen atoms in total. The van der Waals surface area contributed by atoms with Crippen molar-refractivity contribution in [2.45, 2.75) is 12.1 Å². The highest BCUT2D eigenvalue weighted by Gasteiger charge is 2.60. The molecule has 0 radical (unpaired) electrons. The summed E-state index contributed by atoms with van der Waals surface area (Å²) in [6, 6.07) is 0. The maximum atomic E-state index is 11.3. The monoisotopic (exact) mass is 324 g/mol. The third-order valence-corrected chi connectivity index (χ3v) is 11.7. The van der Waals surface area contributed by atoms with E-state index in [1.54, 1.807) is 0 Å². The lowest BCUT2D eigenvalue weighted by Crippen LogP contribution is -2.62. The molecule has 1 unspecified atom stereocenters. The van der Waals surface area contributed by atoms with Gasteiger partial charge in [-0.15, -0.1) is 0 Å². The molecule has 0 bridgehead atoms. The minimum Gasteiger partial charge on any atom is -0.461 e. The molecule has 0 aromatic carbocycles. The summed E-state index contributed by atoms with van der Waals surface area (Å²) in [6.07, 6.45) is 1.08. The predicted octanol–water partition coefficient (Wildman–Crippen LogP) is 0.797. The van der Waals surface area contributed by atoms with Crippen LogP contribution in [0.5, 0.6) is 0 Å². The van der Waals surface area contributed by atoms with Gasteiger partial charge in [0.05, 0.1) is 5.16 Å². The van der Waals surface area contributed by atoms with Gasteiger partial charge in [0.2, 0.25) is 0 Å². The molecule has 118 valence electrons. The van der Waals surface area contributed by atoms with Crippen molar-refractivity contribution in [3.05, 3.63) is 12.7 Å². The van der Waals surface area contributed by atoms with Gasteiger partial charge < -0.3 is 26.9 Å². The summed E-state index contributed by atoms with van der Waals surface area (Å²) in [5, 5.41) is -0.303. The molecule has 0 rings (SSSR count). The second-order valence-corrected chi connectivity index (χ2v) is 11.4. The summed E-state index contributed by atoms with van der Waals surface area (Å²) in [6.45, 7) is 5.20. The number of hydrogen-bond donors (Lipinski definition) is 0. The fraction of sp³-hybridized carbons (Fsp3) is 0.727. The molecular formula is C11H24O7Si2. The second kappa shape index (κ2) is 8.67. The number of carbonyl (C=O) groups excluding carboxylic acids is 1. The molecular weight excluding hydrogens is 300 g/mol. The minimum absolute atomic E-state index is 0.00312. The first-order valence-electron chi connectivity index (χ1n) is 5.96. The van der Waals surface area contributed by atoms with Crippen molar-refractivity contribution in [2.75, 3.05) is 41.8 Å². The molecule has 0 spiro atoms. The van der Waals surface area contributed by atoms with Crippen molar-refractivity contribution >= 4 is 23.3 Å². The van der Waals surface area contributed by atoms with Crippen LogP contribution in [0.4, 0.5) is 0 Å². The highest BCUT2D eigenvalue weighted by atomic mass is 28.4. The fourth-order valence-electron chi connectivity index (χ4n) is 1.96. The van der Waals surface area contributed by atoms with E-state index >= 15 is 0 Å². The van der Waals surface area contributed by atoms with Crippen molar-refractivity contribution in [2.24, 2.45) is 0 Å². The Kier molecular flexibility index (Phi) is 8.43. The van der Waals surface area contributed by atoms with Crippen LogP contribution < -0.4 is 0 Å². The van der Waals surface area contributed by atoms with Gasteiger partial charge in [0.1, 0.15) is 6.23 Å². The molecule has 0 aliphatic carbocycles. The predicted molar refractivity (Wildman–Crippen MR) is 77.1 cm³/mol. The Morgan fingerprint density at radius 1 is 1.05 bits per heavy atom. The fourth-order valence-corrected chi connectivity index (χ4v) is 9.40. The van der Waals surface area contributed by atoms with Gasteiger partial charge in [0.25, 0.3) is 0 Å². The van der Waals surface area contributed by atoms with Crippen LogP contribution in [0.25, 0.3) is 0 Å². The number of hydrogen-bond acceptors (Lipinski definition) is 7. The topological polar surface area (TPSA) is 72.5 Å². The summed E-state index contributed by atoms with van der Waals surface area (Å²) in [4.78, 5) is 11.3. The number of esters is 1. The minimum atomic E-state index is -2.99. The number of rotatable bonds is 10. The SMILES string of the molecule is C=CC(=O)OC[Si](OC)(OC)C(C)[Si](OC)(OC)OC. The van der Waals surface area contributed by atoms with Crippen LogP contribution in [0.15, 0.2) is 12.7 Å². The summed E-state index contributed by atoms with van der Waals surface area (Å²) in [5.41, 5.74) is 0. The normalized spacial score (nSPS) is 13.9.